The Morgan fingerprint density at radius 3 is 2.90 bits per heavy atom. The summed E-state index contributed by atoms with van der Waals surface area (Å²) < 4.78 is 5.80. The van der Waals surface area contributed by atoms with E-state index in [0.717, 1.165) is 35.7 Å². The molecule has 0 radical (unpaired) electrons. The van der Waals surface area contributed by atoms with Gasteiger partial charge in [0, 0.05) is 25.7 Å². The van der Waals surface area contributed by atoms with Crippen LogP contribution in [0.5, 0.6) is 0 Å². The van der Waals surface area contributed by atoms with Gasteiger partial charge < -0.3 is 10.1 Å². The maximum Gasteiger partial charge on any atom is 0.138 e. The molecule has 0 aliphatic carbocycles. The number of aromatic nitrogens is 2. The van der Waals surface area contributed by atoms with Crippen molar-refractivity contribution in [2.75, 3.05) is 25.0 Å². The number of anilines is 1. The molecule has 5 nitrogen and oxygen atoms in total. The smallest absolute Gasteiger partial charge is 0.138 e. The van der Waals surface area contributed by atoms with Crippen molar-refractivity contribution in [1.29, 1.82) is 0 Å². The average molecular weight is 306 g/mol. The molecular formula is C15H22N4OS. The Morgan fingerprint density at radius 1 is 1.38 bits per heavy atom. The van der Waals surface area contributed by atoms with Crippen LogP contribution in [-0.4, -0.2) is 52.8 Å². The monoisotopic (exact) mass is 306 g/mol. The summed E-state index contributed by atoms with van der Waals surface area (Å²) in [6.45, 7) is 9.39. The second kappa shape index (κ2) is 6.25. The van der Waals surface area contributed by atoms with Crippen LogP contribution in [0, 0.1) is 0 Å². The molecule has 0 spiro atoms. The van der Waals surface area contributed by atoms with Gasteiger partial charge in [0.05, 0.1) is 17.6 Å². The van der Waals surface area contributed by atoms with Crippen molar-refractivity contribution in [3.8, 4) is 0 Å². The molecule has 3 atom stereocenters. The fraction of sp³-hybridized carbons (Fsp3) is 0.600. The van der Waals surface area contributed by atoms with Crippen molar-refractivity contribution in [1.82, 2.24) is 14.9 Å². The molecule has 0 unspecified atom stereocenters. The van der Waals surface area contributed by atoms with Gasteiger partial charge in [-0.3, -0.25) is 4.90 Å². The first-order valence-electron chi connectivity index (χ1n) is 7.45. The van der Waals surface area contributed by atoms with Gasteiger partial charge in [-0.15, -0.1) is 11.3 Å². The Morgan fingerprint density at radius 2 is 2.14 bits per heavy atom. The van der Waals surface area contributed by atoms with Crippen LogP contribution in [0.3, 0.4) is 0 Å². The minimum Gasteiger partial charge on any atom is -0.373 e. The Hall–Kier alpha value is -1.24. The summed E-state index contributed by atoms with van der Waals surface area (Å²) in [6, 6.07) is 2.52. The second-order valence-electron chi connectivity index (χ2n) is 5.80. The molecule has 114 valence electrons. The summed E-state index contributed by atoms with van der Waals surface area (Å²) in [5, 5.41) is 6.64. The SMILES string of the molecule is C[C@@H]1CN([C@@H](C)CNc2ncnc3sccc23)C[C@H](C)O1. The third-order valence-electron chi connectivity index (χ3n) is 3.90. The molecule has 1 aliphatic rings. The Bertz CT molecular complexity index is 592. The van der Waals surface area contributed by atoms with Gasteiger partial charge in [-0.2, -0.15) is 0 Å². The lowest BCUT2D eigenvalue weighted by Gasteiger charge is -2.39. The largest absolute Gasteiger partial charge is 0.373 e. The molecule has 2 aromatic rings. The Kier molecular flexibility index (Phi) is 4.37. The fourth-order valence-corrected chi connectivity index (χ4v) is 3.61. The van der Waals surface area contributed by atoms with Crippen molar-refractivity contribution >= 4 is 27.4 Å². The normalized spacial score (nSPS) is 25.1. The summed E-state index contributed by atoms with van der Waals surface area (Å²) in [6.07, 6.45) is 2.24. The highest BCUT2D eigenvalue weighted by atomic mass is 32.1. The van der Waals surface area contributed by atoms with Crippen LogP contribution in [0.1, 0.15) is 20.8 Å². The zero-order valence-corrected chi connectivity index (χ0v) is 13.6. The molecule has 0 amide bonds. The predicted octanol–water partition coefficient (Wildman–Crippen LogP) is 2.60. The molecule has 21 heavy (non-hydrogen) atoms. The van der Waals surface area contributed by atoms with Crippen LogP contribution in [0.2, 0.25) is 0 Å². The number of ether oxygens (including phenoxy) is 1. The van der Waals surface area contributed by atoms with Gasteiger partial charge in [-0.05, 0) is 32.2 Å². The van der Waals surface area contributed by atoms with Gasteiger partial charge in [0.2, 0.25) is 0 Å². The molecule has 1 aliphatic heterocycles. The molecule has 0 aromatic carbocycles. The van der Waals surface area contributed by atoms with E-state index >= 15 is 0 Å². The third kappa shape index (κ3) is 3.33. The van der Waals surface area contributed by atoms with E-state index in [0.29, 0.717) is 18.2 Å². The van der Waals surface area contributed by atoms with E-state index in [1.54, 1.807) is 17.7 Å². The van der Waals surface area contributed by atoms with Gasteiger partial charge in [-0.1, -0.05) is 0 Å². The first-order valence-corrected chi connectivity index (χ1v) is 8.33. The highest BCUT2D eigenvalue weighted by Gasteiger charge is 2.25. The summed E-state index contributed by atoms with van der Waals surface area (Å²) in [5.41, 5.74) is 0. The van der Waals surface area contributed by atoms with Gasteiger partial charge >= 0.3 is 0 Å². The minimum absolute atomic E-state index is 0.304. The number of nitrogens with one attached hydrogen (secondary N) is 1. The molecule has 0 saturated carbocycles. The van der Waals surface area contributed by atoms with Crippen LogP contribution >= 0.6 is 11.3 Å². The number of rotatable bonds is 4. The number of morpholine rings is 1. The molecule has 3 rings (SSSR count). The Labute approximate surface area is 129 Å². The lowest BCUT2D eigenvalue weighted by molar-refractivity contribution is -0.0769. The molecule has 6 heteroatoms. The maximum atomic E-state index is 5.80. The Balaban J connectivity index is 1.63. The van der Waals surface area contributed by atoms with E-state index in [2.05, 4.69) is 52.4 Å². The summed E-state index contributed by atoms with van der Waals surface area (Å²) in [7, 11) is 0. The molecule has 1 fully saturated rings. The van der Waals surface area contributed by atoms with Crippen LogP contribution in [0.4, 0.5) is 5.82 Å². The quantitative estimate of drug-likeness (QED) is 0.941. The lowest BCUT2D eigenvalue weighted by atomic mass is 10.1. The van der Waals surface area contributed by atoms with Crippen molar-refractivity contribution in [3.05, 3.63) is 17.8 Å². The number of hydrogen-bond donors (Lipinski definition) is 1. The zero-order chi connectivity index (χ0) is 14.8. The van der Waals surface area contributed by atoms with E-state index < -0.39 is 0 Å². The first-order chi connectivity index (χ1) is 10.1. The standard InChI is InChI=1S/C15H22N4OS/c1-10(19-7-11(2)20-12(3)8-19)6-16-14-13-4-5-21-15(13)18-9-17-14/h4-5,9-12H,6-8H2,1-3H3,(H,16,17,18)/t10-,11-,12+/m0/s1. The van der Waals surface area contributed by atoms with Crippen LogP contribution in [0.15, 0.2) is 17.8 Å². The third-order valence-corrected chi connectivity index (χ3v) is 4.72. The van der Waals surface area contributed by atoms with Crippen LogP contribution < -0.4 is 5.32 Å². The zero-order valence-electron chi connectivity index (χ0n) is 12.7. The second-order valence-corrected chi connectivity index (χ2v) is 6.70. The van der Waals surface area contributed by atoms with E-state index in [-0.39, 0.29) is 0 Å². The highest BCUT2D eigenvalue weighted by Crippen LogP contribution is 2.24. The van der Waals surface area contributed by atoms with E-state index in [1.165, 1.54) is 0 Å². The molecule has 1 saturated heterocycles. The molecule has 0 bridgehead atoms. The van der Waals surface area contributed by atoms with Crippen molar-refractivity contribution < 1.29 is 4.74 Å². The van der Waals surface area contributed by atoms with E-state index in [1.807, 2.05) is 0 Å². The van der Waals surface area contributed by atoms with Crippen LogP contribution in [0.25, 0.3) is 10.2 Å². The minimum atomic E-state index is 0.304. The number of nitrogens with zero attached hydrogens (tertiary/aromatic N) is 3. The molecule has 3 heterocycles. The lowest BCUT2D eigenvalue weighted by Crippen LogP contribution is -2.51. The van der Waals surface area contributed by atoms with Crippen molar-refractivity contribution in [2.24, 2.45) is 0 Å². The number of fused-ring (bicyclic) bond motifs is 1. The summed E-state index contributed by atoms with van der Waals surface area (Å²) in [5.74, 6) is 0.933. The fourth-order valence-electron chi connectivity index (χ4n) is 2.88. The van der Waals surface area contributed by atoms with E-state index in [4.69, 9.17) is 4.74 Å². The van der Waals surface area contributed by atoms with E-state index in [9.17, 15) is 0 Å². The summed E-state index contributed by atoms with van der Waals surface area (Å²) in [4.78, 5) is 12.2. The average Bonchev–Trinajstić information content (AvgIpc) is 2.92. The highest BCUT2D eigenvalue weighted by molar-refractivity contribution is 7.16. The molecule has 2 aromatic heterocycles. The first kappa shape index (κ1) is 14.7. The van der Waals surface area contributed by atoms with Gasteiger partial charge in [0.25, 0.3) is 0 Å². The van der Waals surface area contributed by atoms with Gasteiger partial charge in [0.15, 0.2) is 0 Å². The number of thiophene rings is 1. The predicted molar refractivity (Wildman–Crippen MR) is 86.9 cm³/mol. The summed E-state index contributed by atoms with van der Waals surface area (Å²) >= 11 is 1.65. The number of hydrogen-bond acceptors (Lipinski definition) is 6. The van der Waals surface area contributed by atoms with Crippen LogP contribution in [-0.2, 0) is 4.74 Å². The van der Waals surface area contributed by atoms with Crippen molar-refractivity contribution in [2.45, 2.75) is 39.0 Å². The topological polar surface area (TPSA) is 50.3 Å². The molecular weight excluding hydrogens is 284 g/mol. The van der Waals surface area contributed by atoms with Crippen molar-refractivity contribution in [3.63, 3.8) is 0 Å². The van der Waals surface area contributed by atoms with Gasteiger partial charge in [0.1, 0.15) is 17.0 Å². The molecule has 1 N–H and O–H groups in total. The van der Waals surface area contributed by atoms with Gasteiger partial charge in [-0.25, -0.2) is 9.97 Å². The maximum absolute atomic E-state index is 5.80.